The summed E-state index contributed by atoms with van der Waals surface area (Å²) < 4.78 is 0. The van der Waals surface area contributed by atoms with Crippen LogP contribution >= 0.6 is 24.0 Å². The molecule has 5 heteroatoms. The molecule has 0 spiro atoms. The first-order valence-corrected chi connectivity index (χ1v) is 7.45. The monoisotopic (exact) mass is 412 g/mol. The molecule has 1 heterocycles. The van der Waals surface area contributed by atoms with E-state index in [1.54, 1.807) is 0 Å². The van der Waals surface area contributed by atoms with Crippen LogP contribution in [-0.2, 0) is 6.42 Å². The zero-order chi connectivity index (χ0) is 15.1. The van der Waals surface area contributed by atoms with E-state index in [0.717, 1.165) is 32.0 Å². The molecule has 0 atom stereocenters. The molecule has 0 saturated heterocycles. The molecular weight excluding hydrogens is 387 g/mol. The average molecular weight is 412 g/mol. The van der Waals surface area contributed by atoms with E-state index in [1.165, 1.54) is 22.0 Å². The predicted octanol–water partition coefficient (Wildman–Crippen LogP) is 3.38. The third-order valence-electron chi connectivity index (χ3n) is 3.40. The smallest absolute Gasteiger partial charge is 0.191 e. The molecule has 22 heavy (non-hydrogen) atoms. The lowest BCUT2D eigenvalue weighted by Crippen LogP contribution is -2.37. The van der Waals surface area contributed by atoms with Crippen LogP contribution in [0.15, 0.2) is 42.0 Å². The highest BCUT2D eigenvalue weighted by atomic mass is 127. The molecule has 0 aliphatic heterocycles. The van der Waals surface area contributed by atoms with Crippen LogP contribution in [0.2, 0.25) is 0 Å². The normalized spacial score (nSPS) is 11.1. The van der Waals surface area contributed by atoms with E-state index < -0.39 is 0 Å². The number of hydrogen-bond acceptors (Lipinski definition) is 1. The van der Waals surface area contributed by atoms with Crippen molar-refractivity contribution in [2.24, 2.45) is 4.99 Å². The number of nitrogens with one attached hydrogen (secondary N) is 3. The van der Waals surface area contributed by atoms with Gasteiger partial charge in [0.15, 0.2) is 5.96 Å². The van der Waals surface area contributed by atoms with Crippen LogP contribution in [0.1, 0.15) is 18.1 Å². The van der Waals surface area contributed by atoms with Gasteiger partial charge in [-0.2, -0.15) is 0 Å². The largest absolute Gasteiger partial charge is 0.361 e. The van der Waals surface area contributed by atoms with Crippen LogP contribution in [0, 0.1) is 6.92 Å². The molecule has 0 radical (unpaired) electrons. The molecule has 0 unspecified atom stereocenters. The van der Waals surface area contributed by atoms with Gasteiger partial charge in [-0.3, -0.25) is 4.99 Å². The molecule has 1 aromatic carbocycles. The van der Waals surface area contributed by atoms with E-state index in [-0.39, 0.29) is 24.0 Å². The van der Waals surface area contributed by atoms with Gasteiger partial charge in [-0.15, -0.1) is 30.6 Å². The number of benzene rings is 1. The number of halogens is 1. The Hall–Kier alpha value is -1.50. The molecule has 120 valence electrons. The van der Waals surface area contributed by atoms with Crippen molar-refractivity contribution in [3.8, 4) is 0 Å². The van der Waals surface area contributed by atoms with Crippen molar-refractivity contribution in [3.05, 3.63) is 48.2 Å². The van der Waals surface area contributed by atoms with Crippen LogP contribution < -0.4 is 10.6 Å². The molecular formula is C17H25IN4. The van der Waals surface area contributed by atoms with Crippen molar-refractivity contribution in [3.63, 3.8) is 0 Å². The fourth-order valence-electron chi connectivity index (χ4n) is 2.45. The maximum atomic E-state index is 4.60. The van der Waals surface area contributed by atoms with E-state index in [2.05, 4.69) is 65.4 Å². The Morgan fingerprint density at radius 3 is 2.91 bits per heavy atom. The first-order chi connectivity index (χ1) is 10.3. The van der Waals surface area contributed by atoms with E-state index in [1.807, 2.05) is 6.08 Å². The van der Waals surface area contributed by atoms with Gasteiger partial charge >= 0.3 is 0 Å². The molecule has 0 aliphatic carbocycles. The number of H-pyrrole nitrogens is 1. The highest BCUT2D eigenvalue weighted by Gasteiger charge is 2.05. The molecule has 0 saturated carbocycles. The summed E-state index contributed by atoms with van der Waals surface area (Å²) in [5, 5.41) is 7.77. The number of aromatic amines is 1. The number of hydrogen-bond donors (Lipinski definition) is 3. The maximum absolute atomic E-state index is 4.60. The molecule has 0 bridgehead atoms. The van der Waals surface area contributed by atoms with E-state index >= 15 is 0 Å². The Bertz CT molecular complexity index is 631. The second-order valence-corrected chi connectivity index (χ2v) is 4.99. The molecule has 0 aliphatic rings. The zero-order valence-corrected chi connectivity index (χ0v) is 15.6. The van der Waals surface area contributed by atoms with Crippen LogP contribution in [0.3, 0.4) is 0 Å². The van der Waals surface area contributed by atoms with E-state index in [0.29, 0.717) is 0 Å². The van der Waals surface area contributed by atoms with Gasteiger partial charge in [-0.1, -0.05) is 18.2 Å². The van der Waals surface area contributed by atoms with Gasteiger partial charge in [0.25, 0.3) is 0 Å². The number of nitrogens with zero attached hydrogens (tertiary/aromatic N) is 1. The fraction of sp³-hybridized carbons (Fsp3) is 0.353. The van der Waals surface area contributed by atoms with Gasteiger partial charge in [-0.25, -0.2) is 0 Å². The highest BCUT2D eigenvalue weighted by Crippen LogP contribution is 2.22. The van der Waals surface area contributed by atoms with Crippen molar-refractivity contribution in [2.75, 3.05) is 19.6 Å². The van der Waals surface area contributed by atoms with Crippen molar-refractivity contribution >= 4 is 40.8 Å². The Kier molecular flexibility index (Phi) is 8.01. The maximum Gasteiger partial charge on any atom is 0.191 e. The number of aromatic nitrogens is 1. The molecule has 0 amide bonds. The summed E-state index contributed by atoms with van der Waals surface area (Å²) in [4.78, 5) is 7.93. The minimum absolute atomic E-state index is 0. The third kappa shape index (κ3) is 4.76. The Morgan fingerprint density at radius 2 is 2.18 bits per heavy atom. The predicted molar refractivity (Wildman–Crippen MR) is 106 cm³/mol. The van der Waals surface area contributed by atoms with E-state index in [4.69, 9.17) is 0 Å². The molecule has 0 fully saturated rings. The number of fused-ring (bicyclic) bond motifs is 1. The molecule has 2 aromatic rings. The topological polar surface area (TPSA) is 52.2 Å². The number of rotatable bonds is 6. The minimum atomic E-state index is 0. The van der Waals surface area contributed by atoms with Gasteiger partial charge < -0.3 is 15.6 Å². The number of aliphatic imine (C=N–C) groups is 1. The van der Waals surface area contributed by atoms with Crippen LogP contribution in [-0.4, -0.2) is 30.6 Å². The molecule has 3 N–H and O–H groups in total. The standard InChI is InChI=1S/C17H24N4.HI/c1-4-10-19-17(18-5-2)20-11-9-14-12-21-15-8-6-7-13(3)16(14)15;/h4,6-8,12,21H,1,5,9-11H2,2-3H3,(H2,18,19,20);1H. The highest BCUT2D eigenvalue weighted by molar-refractivity contribution is 14.0. The SMILES string of the molecule is C=CCNC(=NCCc1c[nH]c2cccc(C)c12)NCC.I. The van der Waals surface area contributed by atoms with Crippen molar-refractivity contribution in [1.82, 2.24) is 15.6 Å². The lowest BCUT2D eigenvalue weighted by Gasteiger charge is -2.09. The van der Waals surface area contributed by atoms with Gasteiger partial charge in [0, 0.05) is 36.7 Å². The van der Waals surface area contributed by atoms with Gasteiger partial charge in [0.1, 0.15) is 0 Å². The fourth-order valence-corrected chi connectivity index (χ4v) is 2.45. The second-order valence-electron chi connectivity index (χ2n) is 4.99. The molecule has 4 nitrogen and oxygen atoms in total. The second kappa shape index (κ2) is 9.50. The van der Waals surface area contributed by atoms with Gasteiger partial charge in [-0.05, 0) is 37.5 Å². The summed E-state index contributed by atoms with van der Waals surface area (Å²) in [6, 6.07) is 6.35. The minimum Gasteiger partial charge on any atom is -0.361 e. The third-order valence-corrected chi connectivity index (χ3v) is 3.40. The Morgan fingerprint density at radius 1 is 1.36 bits per heavy atom. The van der Waals surface area contributed by atoms with Gasteiger partial charge in [0.2, 0.25) is 0 Å². The molecule has 2 rings (SSSR count). The average Bonchev–Trinajstić information content (AvgIpc) is 2.89. The summed E-state index contributed by atoms with van der Waals surface area (Å²) in [6.45, 7) is 10.3. The number of guanidine groups is 1. The lowest BCUT2D eigenvalue weighted by molar-refractivity contribution is 0.852. The summed E-state index contributed by atoms with van der Waals surface area (Å²) in [6.07, 6.45) is 4.85. The first-order valence-electron chi connectivity index (χ1n) is 7.45. The molecule has 1 aromatic heterocycles. The number of aryl methyl sites for hydroxylation is 1. The summed E-state index contributed by atoms with van der Waals surface area (Å²) >= 11 is 0. The van der Waals surface area contributed by atoms with Crippen molar-refractivity contribution in [2.45, 2.75) is 20.3 Å². The summed E-state index contributed by atoms with van der Waals surface area (Å²) in [5.41, 5.74) is 3.83. The summed E-state index contributed by atoms with van der Waals surface area (Å²) in [7, 11) is 0. The van der Waals surface area contributed by atoms with Crippen LogP contribution in [0.4, 0.5) is 0 Å². The van der Waals surface area contributed by atoms with Crippen LogP contribution in [0.25, 0.3) is 10.9 Å². The zero-order valence-electron chi connectivity index (χ0n) is 13.3. The van der Waals surface area contributed by atoms with Gasteiger partial charge in [0.05, 0.1) is 0 Å². The summed E-state index contributed by atoms with van der Waals surface area (Å²) in [5.74, 6) is 0.842. The van der Waals surface area contributed by atoms with Crippen molar-refractivity contribution < 1.29 is 0 Å². The quantitative estimate of drug-likeness (QED) is 0.295. The Labute approximate surface area is 149 Å². The van der Waals surface area contributed by atoms with E-state index in [9.17, 15) is 0 Å². The van der Waals surface area contributed by atoms with Crippen molar-refractivity contribution in [1.29, 1.82) is 0 Å². The Balaban J connectivity index is 0.00000242. The lowest BCUT2D eigenvalue weighted by atomic mass is 10.1. The first kappa shape index (κ1) is 18.5. The van der Waals surface area contributed by atoms with Crippen LogP contribution in [0.5, 0.6) is 0 Å².